The van der Waals surface area contributed by atoms with Crippen LogP contribution in [0.5, 0.6) is 0 Å². The lowest BCUT2D eigenvalue weighted by Gasteiger charge is -2.11. The van der Waals surface area contributed by atoms with Gasteiger partial charge in [0.05, 0.1) is 11.0 Å². The zero-order chi connectivity index (χ0) is 33.0. The van der Waals surface area contributed by atoms with E-state index >= 15 is 0 Å². The van der Waals surface area contributed by atoms with Crippen LogP contribution < -0.4 is 0 Å². The molecule has 0 bridgehead atoms. The number of nitrogens with zero attached hydrogens (tertiary/aromatic N) is 3. The van der Waals surface area contributed by atoms with Crippen molar-refractivity contribution in [3.8, 4) is 50.6 Å². The van der Waals surface area contributed by atoms with Crippen LogP contribution in [0.15, 0.2) is 180 Å². The Morgan fingerprint density at radius 1 is 0.400 bits per heavy atom. The number of rotatable bonds is 5. The second-order valence-corrected chi connectivity index (χ2v) is 12.6. The predicted octanol–water partition coefficient (Wildman–Crippen LogP) is 12.1. The topological polar surface area (TPSA) is 43.9 Å². The SMILES string of the molecule is c1ccc(-c2ccc3c(c2)c2cc(-c4ccccc4)ccc2n3-c2ccc(-c3nc(-c4ccccc4)nc4c3oc3ccccc34)cc2)cc1. The molecule has 4 heteroatoms. The highest BCUT2D eigenvalue weighted by molar-refractivity contribution is 6.12. The van der Waals surface area contributed by atoms with E-state index in [0.717, 1.165) is 50.0 Å². The van der Waals surface area contributed by atoms with Crippen LogP contribution in [-0.2, 0) is 0 Å². The van der Waals surface area contributed by atoms with Gasteiger partial charge in [0.25, 0.3) is 0 Å². The lowest BCUT2D eigenvalue weighted by molar-refractivity contribution is 0.667. The van der Waals surface area contributed by atoms with Crippen molar-refractivity contribution in [3.05, 3.63) is 176 Å². The fourth-order valence-electron chi connectivity index (χ4n) is 7.19. The second-order valence-electron chi connectivity index (χ2n) is 12.6. The van der Waals surface area contributed by atoms with Gasteiger partial charge in [-0.05, 0) is 70.8 Å². The first-order valence-electron chi connectivity index (χ1n) is 16.8. The standard InChI is InChI=1S/C46H29N3O/c1-4-12-30(13-5-1)34-22-26-40-38(28-34)39-29-35(31-14-6-2-7-15-31)23-27-41(39)49(40)36-24-20-32(21-25-36)43-45-44(37-18-10-11-19-42(37)50-45)48-46(47-43)33-16-8-3-9-17-33/h1-29H. The Balaban J connectivity index is 1.16. The van der Waals surface area contributed by atoms with Gasteiger partial charge >= 0.3 is 0 Å². The second kappa shape index (κ2) is 11.4. The molecule has 0 unspecified atom stereocenters. The summed E-state index contributed by atoms with van der Waals surface area (Å²) in [4.78, 5) is 10.1. The lowest BCUT2D eigenvalue weighted by atomic mass is 10.0. The van der Waals surface area contributed by atoms with Gasteiger partial charge < -0.3 is 8.98 Å². The summed E-state index contributed by atoms with van der Waals surface area (Å²) in [7, 11) is 0. The van der Waals surface area contributed by atoms with Crippen LogP contribution in [0.2, 0.25) is 0 Å². The van der Waals surface area contributed by atoms with Gasteiger partial charge in [0.1, 0.15) is 16.8 Å². The third-order valence-electron chi connectivity index (χ3n) is 9.63. The first-order chi connectivity index (χ1) is 24.8. The van der Waals surface area contributed by atoms with Gasteiger partial charge in [-0.15, -0.1) is 0 Å². The quantitative estimate of drug-likeness (QED) is 0.188. The molecule has 0 fully saturated rings. The maximum atomic E-state index is 6.41. The molecule has 0 spiro atoms. The molecule has 0 aliphatic heterocycles. The molecule has 7 aromatic carbocycles. The summed E-state index contributed by atoms with van der Waals surface area (Å²) in [5, 5.41) is 3.42. The molecule has 3 heterocycles. The average Bonchev–Trinajstić information content (AvgIpc) is 3.74. The van der Waals surface area contributed by atoms with E-state index < -0.39 is 0 Å². The van der Waals surface area contributed by atoms with Gasteiger partial charge in [-0.25, -0.2) is 9.97 Å². The first-order valence-corrected chi connectivity index (χ1v) is 16.8. The number of fused-ring (bicyclic) bond motifs is 6. The molecule has 4 nitrogen and oxygen atoms in total. The van der Waals surface area contributed by atoms with Crippen molar-refractivity contribution >= 4 is 43.9 Å². The Morgan fingerprint density at radius 2 is 0.920 bits per heavy atom. The van der Waals surface area contributed by atoms with Crippen LogP contribution in [-0.4, -0.2) is 14.5 Å². The molecule has 50 heavy (non-hydrogen) atoms. The van der Waals surface area contributed by atoms with E-state index in [9.17, 15) is 0 Å². The third kappa shape index (κ3) is 4.61. The van der Waals surface area contributed by atoms with Crippen LogP contribution >= 0.6 is 0 Å². The smallest absolute Gasteiger partial charge is 0.180 e. The number of hydrogen-bond acceptors (Lipinski definition) is 3. The predicted molar refractivity (Wildman–Crippen MR) is 205 cm³/mol. The van der Waals surface area contributed by atoms with E-state index in [1.54, 1.807) is 0 Å². The molecule has 234 valence electrons. The molecule has 10 aromatic rings. The number of benzene rings is 7. The van der Waals surface area contributed by atoms with Crippen molar-refractivity contribution < 1.29 is 4.42 Å². The van der Waals surface area contributed by atoms with Crippen molar-refractivity contribution in [1.82, 2.24) is 14.5 Å². The lowest BCUT2D eigenvalue weighted by Crippen LogP contribution is -1.96. The fourth-order valence-corrected chi connectivity index (χ4v) is 7.19. The van der Waals surface area contributed by atoms with Crippen LogP contribution in [0, 0.1) is 0 Å². The molecule has 3 aromatic heterocycles. The molecule has 0 aliphatic rings. The number of hydrogen-bond donors (Lipinski definition) is 0. The van der Waals surface area contributed by atoms with Crippen molar-refractivity contribution in [3.63, 3.8) is 0 Å². The zero-order valence-electron chi connectivity index (χ0n) is 27.0. The normalized spacial score (nSPS) is 11.6. The monoisotopic (exact) mass is 639 g/mol. The minimum absolute atomic E-state index is 0.676. The number of para-hydroxylation sites is 1. The average molecular weight is 640 g/mol. The highest BCUT2D eigenvalue weighted by Crippen LogP contribution is 2.39. The first kappa shape index (κ1) is 28.3. The molecule has 0 radical (unpaired) electrons. The summed E-state index contributed by atoms with van der Waals surface area (Å²) in [5.74, 6) is 0.676. The summed E-state index contributed by atoms with van der Waals surface area (Å²) in [5.41, 5.74) is 13.2. The van der Waals surface area contributed by atoms with Crippen molar-refractivity contribution in [2.75, 3.05) is 0 Å². The van der Waals surface area contributed by atoms with E-state index in [4.69, 9.17) is 14.4 Å². The van der Waals surface area contributed by atoms with Crippen LogP contribution in [0.25, 0.3) is 94.5 Å². The molecule has 0 saturated carbocycles. The Hall–Kier alpha value is -6.78. The van der Waals surface area contributed by atoms with Gasteiger partial charge in [-0.2, -0.15) is 0 Å². The molecule has 0 N–H and O–H groups in total. The Labute approximate surface area is 288 Å². The summed E-state index contributed by atoms with van der Waals surface area (Å²) < 4.78 is 8.78. The van der Waals surface area contributed by atoms with Crippen LogP contribution in [0.3, 0.4) is 0 Å². The van der Waals surface area contributed by atoms with Gasteiger partial charge in [0, 0.05) is 33.0 Å². The van der Waals surface area contributed by atoms with E-state index in [1.807, 2.05) is 48.5 Å². The largest absolute Gasteiger partial charge is 0.452 e. The Kier molecular flexibility index (Phi) is 6.46. The number of aromatic nitrogens is 3. The molecule has 0 saturated heterocycles. The minimum Gasteiger partial charge on any atom is -0.452 e. The molecule has 0 atom stereocenters. The number of furan rings is 1. The maximum absolute atomic E-state index is 6.41. The fraction of sp³-hybridized carbons (Fsp3) is 0. The molecular weight excluding hydrogens is 611 g/mol. The van der Waals surface area contributed by atoms with E-state index in [0.29, 0.717) is 11.4 Å². The molecule has 10 rings (SSSR count). The third-order valence-corrected chi connectivity index (χ3v) is 9.63. The Bertz CT molecular complexity index is 2740. The van der Waals surface area contributed by atoms with Crippen molar-refractivity contribution in [1.29, 1.82) is 0 Å². The summed E-state index contributed by atoms with van der Waals surface area (Å²) in [6.45, 7) is 0. The van der Waals surface area contributed by atoms with Gasteiger partial charge in [0.2, 0.25) is 0 Å². The summed E-state index contributed by atoms with van der Waals surface area (Å²) >= 11 is 0. The van der Waals surface area contributed by atoms with E-state index in [1.165, 1.54) is 33.0 Å². The van der Waals surface area contributed by atoms with Gasteiger partial charge in [0.15, 0.2) is 11.4 Å². The van der Waals surface area contributed by atoms with Crippen LogP contribution in [0.4, 0.5) is 0 Å². The zero-order valence-corrected chi connectivity index (χ0v) is 27.0. The van der Waals surface area contributed by atoms with Crippen LogP contribution in [0.1, 0.15) is 0 Å². The molecule has 0 amide bonds. The van der Waals surface area contributed by atoms with Gasteiger partial charge in [-0.3, -0.25) is 0 Å². The maximum Gasteiger partial charge on any atom is 0.180 e. The molecular formula is C46H29N3O. The Morgan fingerprint density at radius 3 is 1.52 bits per heavy atom. The summed E-state index contributed by atoms with van der Waals surface area (Å²) in [6.07, 6.45) is 0. The van der Waals surface area contributed by atoms with Gasteiger partial charge in [-0.1, -0.05) is 127 Å². The van der Waals surface area contributed by atoms with E-state index in [-0.39, 0.29) is 0 Å². The highest BCUT2D eigenvalue weighted by atomic mass is 16.3. The van der Waals surface area contributed by atoms with Crippen molar-refractivity contribution in [2.45, 2.75) is 0 Å². The van der Waals surface area contributed by atoms with E-state index in [2.05, 4.69) is 132 Å². The summed E-state index contributed by atoms with van der Waals surface area (Å²) in [6, 6.07) is 61.7. The molecule has 0 aliphatic carbocycles. The minimum atomic E-state index is 0.676. The highest BCUT2D eigenvalue weighted by Gasteiger charge is 2.19. The van der Waals surface area contributed by atoms with Crippen molar-refractivity contribution in [2.24, 2.45) is 0 Å².